The Morgan fingerprint density at radius 1 is 0.727 bits per heavy atom. The predicted molar refractivity (Wildman–Crippen MR) is 98.6 cm³/mol. The highest BCUT2D eigenvalue weighted by Gasteiger charge is 2.29. The van der Waals surface area contributed by atoms with E-state index in [0.717, 1.165) is 25.7 Å². The van der Waals surface area contributed by atoms with E-state index in [0.29, 0.717) is 11.8 Å². The zero-order valence-corrected chi connectivity index (χ0v) is 13.7. The normalized spacial score (nSPS) is 20.0. The van der Waals surface area contributed by atoms with Gasteiger partial charge in [-0.15, -0.1) is 26.3 Å². The highest BCUT2D eigenvalue weighted by molar-refractivity contribution is 5.49. The zero-order chi connectivity index (χ0) is 15.9. The summed E-state index contributed by atoms with van der Waals surface area (Å²) in [4.78, 5) is 0. The number of hydrogen-bond donors (Lipinski definition) is 0. The molecule has 0 fully saturated rings. The molecule has 0 heterocycles. The van der Waals surface area contributed by atoms with E-state index in [9.17, 15) is 0 Å². The number of fused-ring (bicyclic) bond motifs is 1. The van der Waals surface area contributed by atoms with Crippen LogP contribution in [-0.4, -0.2) is 0 Å². The third kappa shape index (κ3) is 3.32. The van der Waals surface area contributed by atoms with Crippen molar-refractivity contribution >= 4 is 0 Å². The maximum Gasteiger partial charge on any atom is -0.00972 e. The molecule has 0 aromatic heterocycles. The fourth-order valence-corrected chi connectivity index (χ4v) is 3.92. The van der Waals surface area contributed by atoms with E-state index in [-0.39, 0.29) is 0 Å². The third-order valence-corrected chi connectivity index (χ3v) is 4.78. The Morgan fingerprint density at radius 3 is 1.45 bits per heavy atom. The molecule has 0 spiro atoms. The quantitative estimate of drug-likeness (QED) is 0.496. The van der Waals surface area contributed by atoms with Crippen LogP contribution in [0.3, 0.4) is 0 Å². The fraction of sp³-hybridized carbons (Fsp3) is 0.364. The summed E-state index contributed by atoms with van der Waals surface area (Å²) in [5.41, 5.74) is 6.02. The van der Waals surface area contributed by atoms with Crippen molar-refractivity contribution in [2.24, 2.45) is 0 Å². The molecule has 0 saturated carbocycles. The maximum absolute atomic E-state index is 3.96. The van der Waals surface area contributed by atoms with Crippen LogP contribution in [0.2, 0.25) is 0 Å². The Balaban J connectivity index is 2.61. The highest BCUT2D eigenvalue weighted by atomic mass is 14.3. The highest BCUT2D eigenvalue weighted by Crippen LogP contribution is 2.45. The molecule has 1 aromatic rings. The Hall–Kier alpha value is -1.82. The van der Waals surface area contributed by atoms with Crippen LogP contribution < -0.4 is 0 Å². The monoisotopic (exact) mass is 292 g/mol. The molecular formula is C22H28. The molecule has 116 valence electrons. The maximum atomic E-state index is 3.96. The van der Waals surface area contributed by atoms with Crippen LogP contribution in [0.25, 0.3) is 0 Å². The van der Waals surface area contributed by atoms with Gasteiger partial charge >= 0.3 is 0 Å². The molecule has 0 nitrogen and oxygen atoms in total. The van der Waals surface area contributed by atoms with Crippen LogP contribution in [0.15, 0.2) is 62.8 Å². The van der Waals surface area contributed by atoms with Crippen molar-refractivity contribution in [2.75, 3.05) is 0 Å². The van der Waals surface area contributed by atoms with Gasteiger partial charge in [0.05, 0.1) is 0 Å². The van der Waals surface area contributed by atoms with Gasteiger partial charge in [-0.3, -0.25) is 0 Å². The van der Waals surface area contributed by atoms with Crippen LogP contribution in [-0.2, 0) is 12.8 Å². The summed E-state index contributed by atoms with van der Waals surface area (Å²) in [6.07, 6.45) is 14.7. The van der Waals surface area contributed by atoms with Crippen LogP contribution in [0.5, 0.6) is 0 Å². The second-order valence-electron chi connectivity index (χ2n) is 6.22. The average molecular weight is 292 g/mol. The summed E-state index contributed by atoms with van der Waals surface area (Å²) in [5.74, 6) is 1.21. The van der Waals surface area contributed by atoms with Crippen molar-refractivity contribution in [1.82, 2.24) is 0 Å². The number of benzene rings is 1. The molecule has 1 aliphatic rings. The first-order valence-electron chi connectivity index (χ1n) is 8.34. The molecule has 0 radical (unpaired) electrons. The van der Waals surface area contributed by atoms with Crippen LogP contribution >= 0.6 is 0 Å². The standard InChI is InChI=1S/C22H28/c1-5-9-17-13-14-19(11-7-3)22-20(12-8-4)16-15-18(10-6-2)21(17)22/h5-8,13-14,18,20H,1-4,9-12,15-16H2/t18-,20-/m1/s1. The van der Waals surface area contributed by atoms with Crippen molar-refractivity contribution in [3.63, 3.8) is 0 Å². The van der Waals surface area contributed by atoms with E-state index in [1.807, 2.05) is 12.2 Å². The first-order valence-corrected chi connectivity index (χ1v) is 8.34. The van der Waals surface area contributed by atoms with Gasteiger partial charge in [-0.1, -0.05) is 36.4 Å². The molecule has 0 unspecified atom stereocenters. The lowest BCUT2D eigenvalue weighted by Crippen LogP contribution is -2.18. The van der Waals surface area contributed by atoms with Crippen LogP contribution in [0, 0.1) is 0 Å². The molecule has 22 heavy (non-hydrogen) atoms. The minimum Gasteiger partial charge on any atom is -0.103 e. The molecule has 0 N–H and O–H groups in total. The molecule has 0 bridgehead atoms. The Labute approximate surface area is 136 Å². The first-order chi connectivity index (χ1) is 10.8. The van der Waals surface area contributed by atoms with Crippen molar-refractivity contribution in [3.8, 4) is 0 Å². The summed E-state index contributed by atoms with van der Waals surface area (Å²) in [7, 11) is 0. The number of hydrogen-bond acceptors (Lipinski definition) is 0. The van der Waals surface area contributed by atoms with Gasteiger partial charge in [-0.25, -0.2) is 0 Å². The van der Waals surface area contributed by atoms with Crippen LogP contribution in [0.4, 0.5) is 0 Å². The second-order valence-corrected chi connectivity index (χ2v) is 6.22. The molecule has 1 aromatic carbocycles. The lowest BCUT2D eigenvalue weighted by molar-refractivity contribution is 0.481. The van der Waals surface area contributed by atoms with Gasteiger partial charge in [0.25, 0.3) is 0 Å². The lowest BCUT2D eigenvalue weighted by Gasteiger charge is -2.34. The van der Waals surface area contributed by atoms with E-state index in [1.54, 1.807) is 11.1 Å². The number of rotatable bonds is 8. The summed E-state index contributed by atoms with van der Waals surface area (Å²) in [6.45, 7) is 15.8. The van der Waals surface area contributed by atoms with E-state index in [1.165, 1.54) is 24.0 Å². The SMILES string of the molecule is C=CCc1ccc(CC=C)c2c1[C@H](CC=C)CC[C@H]2CC=C. The summed E-state index contributed by atoms with van der Waals surface area (Å²) in [6, 6.07) is 4.59. The van der Waals surface area contributed by atoms with E-state index < -0.39 is 0 Å². The molecule has 0 heteroatoms. The molecular weight excluding hydrogens is 264 g/mol. The largest absolute Gasteiger partial charge is 0.103 e. The van der Waals surface area contributed by atoms with Gasteiger partial charge in [0, 0.05) is 0 Å². The summed E-state index contributed by atoms with van der Waals surface area (Å²) < 4.78 is 0. The van der Waals surface area contributed by atoms with Gasteiger partial charge < -0.3 is 0 Å². The zero-order valence-electron chi connectivity index (χ0n) is 13.7. The van der Waals surface area contributed by atoms with Gasteiger partial charge in [0.1, 0.15) is 0 Å². The summed E-state index contributed by atoms with van der Waals surface area (Å²) in [5, 5.41) is 0. The van der Waals surface area contributed by atoms with Gasteiger partial charge in [0.15, 0.2) is 0 Å². The molecule has 0 amide bonds. The van der Waals surface area contributed by atoms with Crippen molar-refractivity contribution in [1.29, 1.82) is 0 Å². The first kappa shape index (κ1) is 16.5. The van der Waals surface area contributed by atoms with E-state index in [2.05, 4.69) is 50.6 Å². The predicted octanol–water partition coefficient (Wildman–Crippen LogP) is 6.26. The van der Waals surface area contributed by atoms with E-state index in [4.69, 9.17) is 0 Å². The smallest absolute Gasteiger partial charge is 0.00972 e. The van der Waals surface area contributed by atoms with E-state index >= 15 is 0 Å². The van der Waals surface area contributed by atoms with Gasteiger partial charge in [-0.2, -0.15) is 0 Å². The minimum absolute atomic E-state index is 0.605. The summed E-state index contributed by atoms with van der Waals surface area (Å²) >= 11 is 0. The topological polar surface area (TPSA) is 0 Å². The third-order valence-electron chi connectivity index (χ3n) is 4.78. The molecule has 0 aliphatic heterocycles. The molecule has 2 rings (SSSR count). The fourth-order valence-electron chi connectivity index (χ4n) is 3.92. The van der Waals surface area contributed by atoms with Gasteiger partial charge in [0.2, 0.25) is 0 Å². The van der Waals surface area contributed by atoms with Gasteiger partial charge in [-0.05, 0) is 72.6 Å². The molecule has 0 saturated heterocycles. The lowest BCUT2D eigenvalue weighted by atomic mass is 9.70. The minimum atomic E-state index is 0.605. The number of allylic oxidation sites excluding steroid dienone is 4. The van der Waals surface area contributed by atoms with Crippen molar-refractivity contribution in [3.05, 3.63) is 85.0 Å². The second kappa shape index (κ2) is 7.98. The van der Waals surface area contributed by atoms with Crippen LogP contribution in [0.1, 0.15) is 59.8 Å². The molecule has 1 aliphatic carbocycles. The Kier molecular flexibility index (Phi) is 6.00. The Morgan fingerprint density at radius 2 is 1.14 bits per heavy atom. The van der Waals surface area contributed by atoms with Crippen molar-refractivity contribution in [2.45, 2.75) is 50.4 Å². The Bertz CT molecular complexity index is 511. The van der Waals surface area contributed by atoms with Crippen molar-refractivity contribution < 1.29 is 0 Å². The molecule has 2 atom stereocenters. The average Bonchev–Trinajstić information content (AvgIpc) is 2.52.